The van der Waals surface area contributed by atoms with Crippen LogP contribution in [-0.4, -0.2) is 27.7 Å². The quantitative estimate of drug-likeness (QED) is 0.564. The lowest BCUT2D eigenvalue weighted by Crippen LogP contribution is -2.64. The molecule has 4 aliphatic carbocycles. The van der Waals surface area contributed by atoms with Crippen LogP contribution in [-0.2, 0) is 4.79 Å². The van der Waals surface area contributed by atoms with Crippen LogP contribution in [0.4, 0.5) is 0 Å². The Bertz CT molecular complexity index is 781. The van der Waals surface area contributed by atoms with Gasteiger partial charge in [0.25, 0.3) is 0 Å². The van der Waals surface area contributed by atoms with E-state index in [4.69, 9.17) is 0 Å². The van der Waals surface area contributed by atoms with Crippen LogP contribution in [0.25, 0.3) is 0 Å². The van der Waals surface area contributed by atoms with Crippen LogP contribution >= 0.6 is 0 Å². The lowest BCUT2D eigenvalue weighted by Gasteiger charge is -2.59. The third-order valence-electron chi connectivity index (χ3n) is 10.5. The van der Waals surface area contributed by atoms with E-state index in [0.29, 0.717) is 36.0 Å². The summed E-state index contributed by atoms with van der Waals surface area (Å²) < 4.78 is 0. The third-order valence-corrected chi connectivity index (χ3v) is 10.5. The second-order valence-electron chi connectivity index (χ2n) is 12.4. The fourth-order valence-corrected chi connectivity index (χ4v) is 7.96. The molecule has 0 unspecified atom stereocenters. The highest BCUT2D eigenvalue weighted by Crippen LogP contribution is 2.67. The molecular formula is C28H44O3. The molecular weight excluding hydrogens is 384 g/mol. The second-order valence-corrected chi connectivity index (χ2v) is 12.4. The summed E-state index contributed by atoms with van der Waals surface area (Å²) in [5.41, 5.74) is -0.275. The maximum atomic E-state index is 13.3. The molecule has 0 heterocycles. The summed E-state index contributed by atoms with van der Waals surface area (Å²) in [6, 6.07) is 0. The molecule has 174 valence electrons. The SMILES string of the molecule is CC(C)[C@@H](C)/C=C/[C@@H](C)[C@H]1CC[C@H]2C3=CC(=O)[C@]4(O)C[C@@H](O)CC[C@]4(C)[C@H]3CC[C@]12C. The van der Waals surface area contributed by atoms with Gasteiger partial charge in [-0.05, 0) is 85.5 Å². The Balaban J connectivity index is 1.62. The molecule has 31 heavy (non-hydrogen) atoms. The number of allylic oxidation sites excluding steroid dienone is 3. The third kappa shape index (κ3) is 3.41. The summed E-state index contributed by atoms with van der Waals surface area (Å²) in [5, 5.41) is 21.7. The standard InChI is InChI=1S/C28H44O3/c1-17(2)18(3)7-8-19(4)22-9-10-23-21-15-25(30)28(31)16-20(29)11-14-27(28,6)24(21)12-13-26(22,23)5/h7-8,15,17-20,22-24,29,31H,9-14,16H2,1-6H3/b8-7+/t18-,19+,20-,22+,23-,24-,26+,27+,28+/m0/s1. The van der Waals surface area contributed by atoms with Gasteiger partial charge in [-0.1, -0.05) is 59.3 Å². The zero-order valence-corrected chi connectivity index (χ0v) is 20.5. The molecule has 4 aliphatic rings. The van der Waals surface area contributed by atoms with Crippen molar-refractivity contribution in [3.05, 3.63) is 23.8 Å². The van der Waals surface area contributed by atoms with Gasteiger partial charge in [0, 0.05) is 11.8 Å². The van der Waals surface area contributed by atoms with E-state index in [1.807, 2.05) is 6.08 Å². The van der Waals surface area contributed by atoms with Crippen molar-refractivity contribution in [1.29, 1.82) is 0 Å². The molecule has 0 saturated heterocycles. The van der Waals surface area contributed by atoms with Crippen LogP contribution in [0.1, 0.15) is 86.5 Å². The van der Waals surface area contributed by atoms with E-state index in [2.05, 4.69) is 53.7 Å². The van der Waals surface area contributed by atoms with Crippen molar-refractivity contribution < 1.29 is 15.0 Å². The monoisotopic (exact) mass is 428 g/mol. The maximum absolute atomic E-state index is 13.3. The molecule has 0 spiro atoms. The number of carbonyl (C=O) groups is 1. The molecule has 0 bridgehead atoms. The van der Waals surface area contributed by atoms with Crippen LogP contribution in [0, 0.1) is 46.3 Å². The number of fused-ring (bicyclic) bond motifs is 5. The zero-order valence-electron chi connectivity index (χ0n) is 20.5. The van der Waals surface area contributed by atoms with Crippen LogP contribution in [0.3, 0.4) is 0 Å². The van der Waals surface area contributed by atoms with Crippen LogP contribution in [0.15, 0.2) is 23.8 Å². The van der Waals surface area contributed by atoms with Gasteiger partial charge >= 0.3 is 0 Å². The number of hydrogen-bond donors (Lipinski definition) is 2. The maximum Gasteiger partial charge on any atom is 0.187 e. The zero-order chi connectivity index (χ0) is 22.8. The summed E-state index contributed by atoms with van der Waals surface area (Å²) in [5.74, 6) is 3.03. The van der Waals surface area contributed by atoms with E-state index >= 15 is 0 Å². The van der Waals surface area contributed by atoms with Crippen LogP contribution in [0.5, 0.6) is 0 Å². The Morgan fingerprint density at radius 1 is 1.00 bits per heavy atom. The number of aliphatic hydroxyl groups excluding tert-OH is 1. The minimum Gasteiger partial charge on any atom is -0.393 e. The van der Waals surface area contributed by atoms with E-state index in [1.165, 1.54) is 18.4 Å². The summed E-state index contributed by atoms with van der Waals surface area (Å²) in [7, 11) is 0. The molecule has 9 atom stereocenters. The van der Waals surface area contributed by atoms with E-state index in [0.717, 1.165) is 19.3 Å². The molecule has 3 heteroatoms. The minimum absolute atomic E-state index is 0.147. The van der Waals surface area contributed by atoms with Gasteiger partial charge in [0.15, 0.2) is 5.78 Å². The molecule has 3 fully saturated rings. The predicted octanol–water partition coefficient (Wildman–Crippen LogP) is 5.70. The topological polar surface area (TPSA) is 57.5 Å². The largest absolute Gasteiger partial charge is 0.393 e. The Labute approximate surface area is 189 Å². The number of ketones is 1. The molecule has 0 aliphatic heterocycles. The van der Waals surface area contributed by atoms with Gasteiger partial charge in [0.1, 0.15) is 5.60 Å². The molecule has 0 aromatic carbocycles. The highest BCUT2D eigenvalue weighted by molar-refractivity contribution is 5.99. The second kappa shape index (κ2) is 7.83. The summed E-state index contributed by atoms with van der Waals surface area (Å²) in [6.45, 7) is 13.9. The highest BCUT2D eigenvalue weighted by Gasteiger charge is 2.65. The first-order chi connectivity index (χ1) is 14.4. The van der Waals surface area contributed by atoms with Crippen LogP contribution in [0.2, 0.25) is 0 Å². The van der Waals surface area contributed by atoms with E-state index in [1.54, 1.807) is 0 Å². The number of carbonyl (C=O) groups excluding carboxylic acids is 1. The number of hydrogen-bond acceptors (Lipinski definition) is 3. The van der Waals surface area contributed by atoms with Crippen molar-refractivity contribution in [2.45, 2.75) is 98.2 Å². The lowest BCUT2D eigenvalue weighted by molar-refractivity contribution is -0.180. The summed E-state index contributed by atoms with van der Waals surface area (Å²) >= 11 is 0. The van der Waals surface area contributed by atoms with Gasteiger partial charge in [-0.2, -0.15) is 0 Å². The smallest absolute Gasteiger partial charge is 0.187 e. The van der Waals surface area contributed by atoms with Crippen molar-refractivity contribution in [2.24, 2.45) is 46.3 Å². The normalized spacial score (nSPS) is 47.0. The average molecular weight is 429 g/mol. The first-order valence-corrected chi connectivity index (χ1v) is 12.8. The minimum atomic E-state index is -1.40. The van der Waals surface area contributed by atoms with E-state index in [9.17, 15) is 15.0 Å². The molecule has 3 saturated carbocycles. The molecule has 0 aromatic heterocycles. The predicted molar refractivity (Wildman–Crippen MR) is 125 cm³/mol. The van der Waals surface area contributed by atoms with Crippen LogP contribution < -0.4 is 0 Å². The molecule has 0 radical (unpaired) electrons. The summed E-state index contributed by atoms with van der Waals surface area (Å²) in [4.78, 5) is 13.3. The number of aliphatic hydroxyl groups is 2. The average Bonchev–Trinajstić information content (AvgIpc) is 3.05. The van der Waals surface area contributed by atoms with Gasteiger partial charge in [-0.3, -0.25) is 4.79 Å². The molecule has 3 nitrogen and oxygen atoms in total. The summed E-state index contributed by atoms with van der Waals surface area (Å²) in [6.07, 6.45) is 12.4. The van der Waals surface area contributed by atoms with Gasteiger partial charge in [-0.25, -0.2) is 0 Å². The Hall–Kier alpha value is -0.930. The molecule has 0 aromatic rings. The lowest BCUT2D eigenvalue weighted by atomic mass is 9.46. The molecule has 4 rings (SSSR count). The van der Waals surface area contributed by atoms with Gasteiger partial charge in [0.05, 0.1) is 6.10 Å². The fraction of sp³-hybridized carbons (Fsp3) is 0.821. The molecule has 0 amide bonds. The van der Waals surface area contributed by atoms with E-state index in [-0.39, 0.29) is 23.5 Å². The highest BCUT2D eigenvalue weighted by atomic mass is 16.3. The first kappa shape index (κ1) is 23.2. The number of rotatable bonds is 4. The van der Waals surface area contributed by atoms with Crippen molar-refractivity contribution in [1.82, 2.24) is 0 Å². The van der Waals surface area contributed by atoms with Crippen molar-refractivity contribution in [2.75, 3.05) is 0 Å². The Kier molecular flexibility index (Phi) is 5.87. The van der Waals surface area contributed by atoms with Crippen molar-refractivity contribution in [3.63, 3.8) is 0 Å². The van der Waals surface area contributed by atoms with Crippen molar-refractivity contribution in [3.8, 4) is 0 Å². The van der Waals surface area contributed by atoms with E-state index < -0.39 is 17.1 Å². The van der Waals surface area contributed by atoms with Gasteiger partial charge in [0.2, 0.25) is 0 Å². The Morgan fingerprint density at radius 3 is 2.39 bits per heavy atom. The molecule has 2 N–H and O–H groups in total. The van der Waals surface area contributed by atoms with Gasteiger partial charge < -0.3 is 10.2 Å². The first-order valence-electron chi connectivity index (χ1n) is 12.8. The fourth-order valence-electron chi connectivity index (χ4n) is 7.96. The van der Waals surface area contributed by atoms with Gasteiger partial charge in [-0.15, -0.1) is 0 Å². The Morgan fingerprint density at radius 2 is 1.71 bits per heavy atom. The van der Waals surface area contributed by atoms with Crippen molar-refractivity contribution >= 4 is 5.78 Å².